The summed E-state index contributed by atoms with van der Waals surface area (Å²) in [6.45, 7) is 0.866. The molecule has 1 aromatic heterocycles. The molecule has 9 heteroatoms. The normalized spacial score (nSPS) is 13.3. The van der Waals surface area contributed by atoms with Crippen molar-refractivity contribution in [3.8, 4) is 11.5 Å². The molecule has 1 aliphatic heterocycles. The van der Waals surface area contributed by atoms with Crippen molar-refractivity contribution in [1.29, 1.82) is 0 Å². The highest BCUT2D eigenvalue weighted by atomic mass is 16.5. The minimum absolute atomic E-state index is 0.0365. The number of fused-ring (bicyclic) bond motifs is 2. The Bertz CT molecular complexity index is 1330. The number of benzene rings is 2. The molecule has 0 atom stereocenters. The Hall–Kier alpha value is -3.88. The summed E-state index contributed by atoms with van der Waals surface area (Å²) in [4.78, 5) is 43.9. The van der Waals surface area contributed by atoms with Crippen LogP contribution < -0.4 is 20.3 Å². The molecule has 0 spiro atoms. The van der Waals surface area contributed by atoms with Gasteiger partial charge in [-0.25, -0.2) is 4.98 Å². The van der Waals surface area contributed by atoms with Crippen LogP contribution in [-0.2, 0) is 24.3 Å². The minimum Gasteiger partial charge on any atom is -0.493 e. The van der Waals surface area contributed by atoms with E-state index in [1.54, 1.807) is 55.1 Å². The maximum Gasteiger partial charge on any atom is 0.261 e. The summed E-state index contributed by atoms with van der Waals surface area (Å²) in [7, 11) is 4.84. The number of carbonyl (C=O) groups excluding carboxylic acids is 2. The first-order valence-corrected chi connectivity index (χ1v) is 12.2. The van der Waals surface area contributed by atoms with Crippen molar-refractivity contribution in [1.82, 2.24) is 19.8 Å². The predicted molar refractivity (Wildman–Crippen MR) is 137 cm³/mol. The van der Waals surface area contributed by atoms with Gasteiger partial charge in [0.05, 0.1) is 18.0 Å². The first kappa shape index (κ1) is 25.2. The van der Waals surface area contributed by atoms with Gasteiger partial charge in [-0.1, -0.05) is 18.9 Å². The number of aryl methyl sites for hydroxylation is 1. The first-order valence-electron chi connectivity index (χ1n) is 12.2. The molecule has 0 unspecified atom stereocenters. The zero-order valence-electron chi connectivity index (χ0n) is 21.0. The Kier molecular flexibility index (Phi) is 7.87. The van der Waals surface area contributed by atoms with Crippen molar-refractivity contribution in [2.75, 3.05) is 27.8 Å². The van der Waals surface area contributed by atoms with Gasteiger partial charge in [0, 0.05) is 39.2 Å². The van der Waals surface area contributed by atoms with Crippen LogP contribution in [0.15, 0.2) is 41.2 Å². The third-order valence-electron chi connectivity index (χ3n) is 6.36. The van der Waals surface area contributed by atoms with Gasteiger partial charge in [-0.05, 0) is 48.7 Å². The summed E-state index contributed by atoms with van der Waals surface area (Å²) in [5.74, 6) is 1.30. The molecule has 2 heterocycles. The van der Waals surface area contributed by atoms with Gasteiger partial charge in [0.2, 0.25) is 0 Å². The molecule has 0 fully saturated rings. The second-order valence-corrected chi connectivity index (χ2v) is 9.13. The Morgan fingerprint density at radius 1 is 1.06 bits per heavy atom. The highest BCUT2D eigenvalue weighted by Crippen LogP contribution is 2.28. The van der Waals surface area contributed by atoms with Crippen LogP contribution >= 0.6 is 0 Å². The van der Waals surface area contributed by atoms with Crippen molar-refractivity contribution < 1.29 is 19.1 Å². The maximum absolute atomic E-state index is 13.0. The average Bonchev–Trinajstić information content (AvgIpc) is 2.86. The van der Waals surface area contributed by atoms with E-state index >= 15 is 0 Å². The van der Waals surface area contributed by atoms with E-state index in [0.29, 0.717) is 34.5 Å². The van der Waals surface area contributed by atoms with Crippen LogP contribution in [0.2, 0.25) is 0 Å². The summed E-state index contributed by atoms with van der Waals surface area (Å²) in [5, 5.41) is 3.44. The van der Waals surface area contributed by atoms with Gasteiger partial charge >= 0.3 is 0 Å². The summed E-state index contributed by atoms with van der Waals surface area (Å²) in [6.07, 6.45) is 5.03. The number of aromatic nitrogens is 2. The number of hydrogen-bond donors (Lipinski definition) is 1. The predicted octanol–water partition coefficient (Wildman–Crippen LogP) is 2.92. The number of methoxy groups -OCH3 is 1. The molecule has 1 N–H and O–H groups in total. The molecule has 36 heavy (non-hydrogen) atoms. The molecule has 2 amide bonds. The SMILES string of the molecule is COc1cc(CNC(=O)c2ccc3c(=O)n4c(nc3c2)CCCCCC4)ccc1OCC(=O)N(C)C. The molecular weight excluding hydrogens is 460 g/mol. The zero-order valence-corrected chi connectivity index (χ0v) is 21.0. The lowest BCUT2D eigenvalue weighted by atomic mass is 10.1. The molecule has 4 rings (SSSR count). The summed E-state index contributed by atoms with van der Waals surface area (Å²) >= 11 is 0. The molecule has 0 bridgehead atoms. The number of rotatable bonds is 7. The second-order valence-electron chi connectivity index (χ2n) is 9.13. The lowest BCUT2D eigenvalue weighted by Crippen LogP contribution is -2.27. The van der Waals surface area contributed by atoms with Gasteiger partial charge in [0.15, 0.2) is 18.1 Å². The molecule has 1 aliphatic rings. The molecule has 0 saturated carbocycles. The smallest absolute Gasteiger partial charge is 0.261 e. The van der Waals surface area contributed by atoms with E-state index in [4.69, 9.17) is 14.5 Å². The monoisotopic (exact) mass is 492 g/mol. The molecule has 2 aromatic carbocycles. The van der Waals surface area contributed by atoms with Crippen LogP contribution in [0, 0.1) is 0 Å². The van der Waals surface area contributed by atoms with Crippen molar-refractivity contribution in [3.05, 3.63) is 63.7 Å². The van der Waals surface area contributed by atoms with Crippen LogP contribution in [0.3, 0.4) is 0 Å². The Morgan fingerprint density at radius 2 is 1.86 bits per heavy atom. The van der Waals surface area contributed by atoms with Crippen LogP contribution in [0.4, 0.5) is 0 Å². The molecular formula is C27H32N4O5. The van der Waals surface area contributed by atoms with Crippen molar-refractivity contribution >= 4 is 22.7 Å². The van der Waals surface area contributed by atoms with E-state index in [-0.39, 0.29) is 30.5 Å². The van der Waals surface area contributed by atoms with E-state index in [1.165, 1.54) is 12.0 Å². The molecule has 9 nitrogen and oxygen atoms in total. The third kappa shape index (κ3) is 5.67. The lowest BCUT2D eigenvalue weighted by molar-refractivity contribution is -0.130. The zero-order chi connectivity index (χ0) is 25.7. The second kappa shape index (κ2) is 11.2. The lowest BCUT2D eigenvalue weighted by Gasteiger charge is -2.16. The topological polar surface area (TPSA) is 103 Å². The highest BCUT2D eigenvalue weighted by molar-refractivity contribution is 5.97. The average molecular weight is 493 g/mol. The molecule has 0 saturated heterocycles. The van der Waals surface area contributed by atoms with E-state index < -0.39 is 0 Å². The molecule has 190 valence electrons. The number of hydrogen-bond acceptors (Lipinski definition) is 6. The van der Waals surface area contributed by atoms with E-state index in [2.05, 4.69) is 5.32 Å². The van der Waals surface area contributed by atoms with Gasteiger partial charge < -0.3 is 19.7 Å². The van der Waals surface area contributed by atoms with Gasteiger partial charge in [-0.2, -0.15) is 0 Å². The molecule has 0 radical (unpaired) electrons. The van der Waals surface area contributed by atoms with Gasteiger partial charge in [-0.3, -0.25) is 19.0 Å². The van der Waals surface area contributed by atoms with E-state index in [1.807, 2.05) is 0 Å². The fraction of sp³-hybridized carbons (Fsp3) is 0.407. The van der Waals surface area contributed by atoms with Gasteiger partial charge in [0.1, 0.15) is 5.82 Å². The van der Waals surface area contributed by atoms with Crippen LogP contribution in [0.5, 0.6) is 11.5 Å². The Balaban J connectivity index is 1.47. The van der Waals surface area contributed by atoms with E-state index in [9.17, 15) is 14.4 Å². The van der Waals surface area contributed by atoms with Crippen molar-refractivity contribution in [3.63, 3.8) is 0 Å². The standard InChI is InChI=1S/C27H32N4O5/c1-30(2)25(32)17-36-22-12-9-18(14-23(22)35-3)16-28-26(33)19-10-11-20-21(15-19)29-24-8-6-4-5-7-13-31(24)27(20)34/h9-12,14-15H,4-8,13,16-17H2,1-3H3,(H,28,33). The number of nitrogens with one attached hydrogen (secondary N) is 1. The van der Waals surface area contributed by atoms with Crippen LogP contribution in [0.25, 0.3) is 10.9 Å². The summed E-state index contributed by atoms with van der Waals surface area (Å²) in [6, 6.07) is 10.3. The maximum atomic E-state index is 13.0. The first-order chi connectivity index (χ1) is 17.4. The quantitative estimate of drug-likeness (QED) is 0.544. The number of nitrogens with zero attached hydrogens (tertiary/aromatic N) is 3. The highest BCUT2D eigenvalue weighted by Gasteiger charge is 2.15. The number of carbonyl (C=O) groups is 2. The summed E-state index contributed by atoms with van der Waals surface area (Å²) in [5.41, 5.74) is 1.77. The Morgan fingerprint density at radius 3 is 2.64 bits per heavy atom. The van der Waals surface area contributed by atoms with Crippen molar-refractivity contribution in [2.24, 2.45) is 0 Å². The molecule has 0 aliphatic carbocycles. The third-order valence-corrected chi connectivity index (χ3v) is 6.36. The van der Waals surface area contributed by atoms with Gasteiger partial charge in [0.25, 0.3) is 17.4 Å². The molecule has 3 aromatic rings. The van der Waals surface area contributed by atoms with Crippen LogP contribution in [0.1, 0.15) is 47.4 Å². The van der Waals surface area contributed by atoms with E-state index in [0.717, 1.165) is 43.5 Å². The number of ether oxygens (including phenoxy) is 2. The Labute approximate surface area is 210 Å². The minimum atomic E-state index is -0.263. The number of likely N-dealkylation sites (N-methyl/N-ethyl adjacent to an activating group) is 1. The largest absolute Gasteiger partial charge is 0.493 e. The number of amides is 2. The fourth-order valence-electron chi connectivity index (χ4n) is 4.23. The van der Waals surface area contributed by atoms with Crippen molar-refractivity contribution in [2.45, 2.75) is 45.2 Å². The van der Waals surface area contributed by atoms with Gasteiger partial charge in [-0.15, -0.1) is 0 Å². The summed E-state index contributed by atoms with van der Waals surface area (Å²) < 4.78 is 12.7. The fourth-order valence-corrected chi connectivity index (χ4v) is 4.23. The van der Waals surface area contributed by atoms with Crippen LogP contribution in [-0.4, -0.2) is 54.1 Å².